The zero-order valence-corrected chi connectivity index (χ0v) is 11.6. The van der Waals surface area contributed by atoms with Gasteiger partial charge in [0.2, 0.25) is 0 Å². The van der Waals surface area contributed by atoms with Crippen molar-refractivity contribution in [2.24, 2.45) is 5.41 Å². The van der Waals surface area contributed by atoms with Crippen LogP contribution in [0.25, 0.3) is 0 Å². The molecule has 15 heavy (non-hydrogen) atoms. The van der Waals surface area contributed by atoms with E-state index in [0.29, 0.717) is 5.41 Å². The number of ether oxygens (including phenoxy) is 1. The van der Waals surface area contributed by atoms with Crippen LogP contribution in [0.5, 0.6) is 0 Å². The third-order valence-corrected chi connectivity index (χ3v) is 4.92. The topological polar surface area (TPSA) is 21.3 Å². The summed E-state index contributed by atoms with van der Waals surface area (Å²) >= 11 is 11.0. The van der Waals surface area contributed by atoms with Crippen LogP contribution in [0.15, 0.2) is 10.5 Å². The average molecular weight is 311 g/mol. The van der Waals surface area contributed by atoms with Crippen molar-refractivity contribution >= 4 is 38.9 Å². The van der Waals surface area contributed by atoms with Crippen LogP contribution in [0.3, 0.4) is 0 Å². The van der Waals surface area contributed by atoms with Crippen LogP contribution in [-0.4, -0.2) is 19.8 Å². The molecule has 0 spiro atoms. The Labute approximate surface area is 107 Å². The summed E-state index contributed by atoms with van der Waals surface area (Å²) < 4.78 is 7.01. The van der Waals surface area contributed by atoms with Gasteiger partial charge in [0.25, 0.3) is 0 Å². The third kappa shape index (κ3) is 2.94. The quantitative estimate of drug-likeness (QED) is 0.921. The standard InChI is InChI=1S/C10H13BrClNOS/c1-10(5-14-6-10)4-13-3-7-2-8(11)9(12)15-7/h2,13H,3-6H2,1H3. The van der Waals surface area contributed by atoms with E-state index in [1.54, 1.807) is 11.3 Å². The van der Waals surface area contributed by atoms with Crippen molar-refractivity contribution in [3.05, 3.63) is 19.8 Å². The summed E-state index contributed by atoms with van der Waals surface area (Å²) in [7, 11) is 0. The highest BCUT2D eigenvalue weighted by atomic mass is 79.9. The van der Waals surface area contributed by atoms with Gasteiger partial charge in [-0.25, -0.2) is 0 Å². The number of hydrogen-bond donors (Lipinski definition) is 1. The van der Waals surface area contributed by atoms with Crippen molar-refractivity contribution in [1.82, 2.24) is 5.32 Å². The molecule has 1 aliphatic rings. The maximum Gasteiger partial charge on any atom is 0.107 e. The number of hydrogen-bond acceptors (Lipinski definition) is 3. The average Bonchev–Trinajstić information content (AvgIpc) is 2.43. The second-order valence-electron chi connectivity index (χ2n) is 4.24. The third-order valence-electron chi connectivity index (χ3n) is 2.45. The van der Waals surface area contributed by atoms with Gasteiger partial charge in [-0.2, -0.15) is 0 Å². The molecule has 84 valence electrons. The molecule has 1 aliphatic heterocycles. The Morgan fingerprint density at radius 1 is 1.67 bits per heavy atom. The van der Waals surface area contributed by atoms with Crippen molar-refractivity contribution in [3.63, 3.8) is 0 Å². The fraction of sp³-hybridized carbons (Fsp3) is 0.600. The first-order chi connectivity index (χ1) is 7.09. The summed E-state index contributed by atoms with van der Waals surface area (Å²) in [5.74, 6) is 0. The minimum Gasteiger partial charge on any atom is -0.380 e. The predicted molar refractivity (Wildman–Crippen MR) is 67.7 cm³/mol. The second kappa shape index (κ2) is 4.72. The highest BCUT2D eigenvalue weighted by Crippen LogP contribution is 2.32. The first-order valence-corrected chi connectivity index (χ1v) is 6.80. The number of thiophene rings is 1. The van der Waals surface area contributed by atoms with Gasteiger partial charge >= 0.3 is 0 Å². The van der Waals surface area contributed by atoms with E-state index in [0.717, 1.165) is 35.1 Å². The predicted octanol–water partition coefficient (Wildman–Crippen LogP) is 3.29. The first-order valence-electron chi connectivity index (χ1n) is 4.81. The molecule has 0 aliphatic carbocycles. The molecule has 2 heterocycles. The highest BCUT2D eigenvalue weighted by molar-refractivity contribution is 9.10. The van der Waals surface area contributed by atoms with Crippen molar-refractivity contribution in [2.75, 3.05) is 19.8 Å². The zero-order valence-electron chi connectivity index (χ0n) is 8.48. The van der Waals surface area contributed by atoms with E-state index in [-0.39, 0.29) is 0 Å². The van der Waals surface area contributed by atoms with Gasteiger partial charge in [-0.05, 0) is 22.0 Å². The maximum absolute atomic E-state index is 5.96. The Kier molecular flexibility index (Phi) is 3.73. The molecular formula is C10H13BrClNOS. The first kappa shape index (κ1) is 11.9. The van der Waals surface area contributed by atoms with E-state index in [4.69, 9.17) is 16.3 Å². The van der Waals surface area contributed by atoms with Gasteiger partial charge in [-0.15, -0.1) is 11.3 Å². The van der Waals surface area contributed by atoms with E-state index in [1.165, 1.54) is 4.88 Å². The molecule has 1 aromatic rings. The van der Waals surface area contributed by atoms with Crippen LogP contribution in [0.1, 0.15) is 11.8 Å². The molecule has 0 atom stereocenters. The van der Waals surface area contributed by atoms with E-state index >= 15 is 0 Å². The molecule has 0 radical (unpaired) electrons. The fourth-order valence-electron chi connectivity index (χ4n) is 1.52. The summed E-state index contributed by atoms with van der Waals surface area (Å²) in [6.45, 7) is 5.86. The molecule has 0 aromatic carbocycles. The lowest BCUT2D eigenvalue weighted by atomic mass is 9.89. The summed E-state index contributed by atoms with van der Waals surface area (Å²) in [6.07, 6.45) is 0. The molecule has 2 rings (SSSR count). The van der Waals surface area contributed by atoms with Crippen LogP contribution >= 0.6 is 38.9 Å². The number of rotatable bonds is 4. The summed E-state index contributed by atoms with van der Waals surface area (Å²) in [5, 5.41) is 3.44. The van der Waals surface area contributed by atoms with Crippen LogP contribution in [0.4, 0.5) is 0 Å². The van der Waals surface area contributed by atoms with Gasteiger partial charge < -0.3 is 10.1 Å². The van der Waals surface area contributed by atoms with Crippen LogP contribution in [0.2, 0.25) is 4.34 Å². The van der Waals surface area contributed by atoms with Crippen molar-refractivity contribution < 1.29 is 4.74 Å². The lowest BCUT2D eigenvalue weighted by Gasteiger charge is -2.38. The van der Waals surface area contributed by atoms with Crippen LogP contribution in [-0.2, 0) is 11.3 Å². The molecule has 0 bridgehead atoms. The lowest BCUT2D eigenvalue weighted by Crippen LogP contribution is -2.47. The molecule has 2 nitrogen and oxygen atoms in total. The van der Waals surface area contributed by atoms with Gasteiger partial charge in [-0.1, -0.05) is 18.5 Å². The van der Waals surface area contributed by atoms with Crippen molar-refractivity contribution in [2.45, 2.75) is 13.5 Å². The number of halogens is 2. The monoisotopic (exact) mass is 309 g/mol. The van der Waals surface area contributed by atoms with E-state index < -0.39 is 0 Å². The Morgan fingerprint density at radius 2 is 2.40 bits per heavy atom. The Balaban J connectivity index is 1.78. The summed E-state index contributed by atoms with van der Waals surface area (Å²) in [6, 6.07) is 2.07. The minimum atomic E-state index is 0.332. The lowest BCUT2D eigenvalue weighted by molar-refractivity contribution is -0.0991. The highest BCUT2D eigenvalue weighted by Gasteiger charge is 2.32. The maximum atomic E-state index is 5.96. The van der Waals surface area contributed by atoms with E-state index in [1.807, 2.05) is 0 Å². The van der Waals surface area contributed by atoms with Gasteiger partial charge in [-0.3, -0.25) is 0 Å². The fourth-order valence-corrected chi connectivity index (χ4v) is 3.28. The zero-order chi connectivity index (χ0) is 10.9. The van der Waals surface area contributed by atoms with E-state index in [9.17, 15) is 0 Å². The molecule has 1 saturated heterocycles. The molecule has 1 N–H and O–H groups in total. The molecule has 1 fully saturated rings. The van der Waals surface area contributed by atoms with Crippen molar-refractivity contribution in [1.29, 1.82) is 0 Å². The van der Waals surface area contributed by atoms with Gasteiger partial charge in [0.05, 0.1) is 13.2 Å². The summed E-state index contributed by atoms with van der Waals surface area (Å²) in [4.78, 5) is 1.26. The Hall–Kier alpha value is 0.390. The summed E-state index contributed by atoms with van der Waals surface area (Å²) in [5.41, 5.74) is 0.332. The Bertz CT molecular complexity index is 332. The molecule has 0 saturated carbocycles. The van der Waals surface area contributed by atoms with Gasteiger partial charge in [0.1, 0.15) is 4.34 Å². The molecule has 0 unspecified atom stereocenters. The normalized spacial score (nSPS) is 18.9. The van der Waals surface area contributed by atoms with Crippen LogP contribution in [0, 0.1) is 5.41 Å². The van der Waals surface area contributed by atoms with E-state index in [2.05, 4.69) is 34.2 Å². The van der Waals surface area contributed by atoms with Gasteiger partial charge in [0, 0.05) is 27.9 Å². The minimum absolute atomic E-state index is 0.332. The largest absolute Gasteiger partial charge is 0.380 e. The van der Waals surface area contributed by atoms with Gasteiger partial charge in [0.15, 0.2) is 0 Å². The van der Waals surface area contributed by atoms with Crippen LogP contribution < -0.4 is 5.32 Å². The SMILES string of the molecule is CC1(CNCc2cc(Br)c(Cl)s2)COC1. The molecule has 1 aromatic heterocycles. The molecular weight excluding hydrogens is 298 g/mol. The van der Waals surface area contributed by atoms with Crippen molar-refractivity contribution in [3.8, 4) is 0 Å². The smallest absolute Gasteiger partial charge is 0.107 e. The second-order valence-corrected chi connectivity index (χ2v) is 6.83. The Morgan fingerprint density at radius 3 is 2.87 bits per heavy atom. The number of nitrogens with one attached hydrogen (secondary N) is 1. The molecule has 5 heteroatoms. The molecule has 0 amide bonds.